The highest BCUT2D eigenvalue weighted by molar-refractivity contribution is 7.92. The number of carbonyl (C=O) groups excluding carboxylic acids is 2. The maximum atomic E-state index is 14.8. The van der Waals surface area contributed by atoms with E-state index >= 15 is 0 Å². The average Bonchev–Trinajstić information content (AvgIpc) is 2.94. The molecule has 8 nitrogen and oxygen atoms in total. The summed E-state index contributed by atoms with van der Waals surface area (Å²) < 4.78 is 46.7. The van der Waals surface area contributed by atoms with Gasteiger partial charge >= 0.3 is 0 Å². The van der Waals surface area contributed by atoms with Crippen LogP contribution in [0.25, 0.3) is 0 Å². The molecule has 1 N–H and O–H groups in total. The Hall–Kier alpha value is -3.92. The minimum atomic E-state index is -3.92. The Labute approximate surface area is 235 Å². The van der Waals surface area contributed by atoms with Crippen molar-refractivity contribution in [3.8, 4) is 5.75 Å². The number of anilines is 1. The molecule has 0 saturated heterocycles. The topological polar surface area (TPSA) is 96.0 Å². The van der Waals surface area contributed by atoms with E-state index in [2.05, 4.69) is 5.32 Å². The van der Waals surface area contributed by atoms with Crippen LogP contribution in [0.5, 0.6) is 5.75 Å². The SMILES string of the molecule is CC[C@@H](C)NC(=O)[C@@H](Cc1ccccc1)N(Cc1ccccc1F)C(=O)CN(c1cccc(OC)c1)S(C)(=O)=O. The zero-order chi connectivity index (χ0) is 29.3. The van der Waals surface area contributed by atoms with Gasteiger partial charge in [-0.25, -0.2) is 12.8 Å². The van der Waals surface area contributed by atoms with Crippen LogP contribution >= 0.6 is 0 Å². The molecule has 0 aliphatic heterocycles. The summed E-state index contributed by atoms with van der Waals surface area (Å²) >= 11 is 0. The second-order valence-corrected chi connectivity index (χ2v) is 11.5. The number of carbonyl (C=O) groups is 2. The van der Waals surface area contributed by atoms with Gasteiger partial charge in [0.15, 0.2) is 0 Å². The van der Waals surface area contributed by atoms with Crippen LogP contribution in [-0.2, 0) is 32.6 Å². The minimum Gasteiger partial charge on any atom is -0.497 e. The summed E-state index contributed by atoms with van der Waals surface area (Å²) in [4.78, 5) is 28.9. The first kappa shape index (κ1) is 30.6. The first-order chi connectivity index (χ1) is 19.0. The maximum absolute atomic E-state index is 14.8. The van der Waals surface area contributed by atoms with Crippen LogP contribution < -0.4 is 14.4 Å². The van der Waals surface area contributed by atoms with E-state index in [4.69, 9.17) is 4.74 Å². The number of hydrogen-bond donors (Lipinski definition) is 1. The van der Waals surface area contributed by atoms with Crippen LogP contribution in [0.3, 0.4) is 0 Å². The van der Waals surface area contributed by atoms with E-state index in [1.54, 1.807) is 24.3 Å². The Morgan fingerprint density at radius 3 is 2.30 bits per heavy atom. The maximum Gasteiger partial charge on any atom is 0.244 e. The van der Waals surface area contributed by atoms with Crippen molar-refractivity contribution in [3.05, 3.63) is 95.8 Å². The van der Waals surface area contributed by atoms with Gasteiger partial charge in [-0.15, -0.1) is 0 Å². The molecular weight excluding hydrogens is 533 g/mol. The largest absolute Gasteiger partial charge is 0.497 e. The quantitative estimate of drug-likeness (QED) is 0.334. The van der Waals surface area contributed by atoms with Gasteiger partial charge in [0.1, 0.15) is 24.2 Å². The van der Waals surface area contributed by atoms with Gasteiger partial charge in [-0.1, -0.05) is 61.5 Å². The van der Waals surface area contributed by atoms with Crippen molar-refractivity contribution >= 4 is 27.5 Å². The van der Waals surface area contributed by atoms with Gasteiger partial charge in [0, 0.05) is 30.6 Å². The molecule has 3 aromatic rings. The van der Waals surface area contributed by atoms with Gasteiger partial charge in [-0.05, 0) is 37.1 Å². The first-order valence-electron chi connectivity index (χ1n) is 13.0. The van der Waals surface area contributed by atoms with Gasteiger partial charge in [0.2, 0.25) is 21.8 Å². The smallest absolute Gasteiger partial charge is 0.244 e. The van der Waals surface area contributed by atoms with E-state index in [9.17, 15) is 22.4 Å². The summed E-state index contributed by atoms with van der Waals surface area (Å²) in [5.41, 5.74) is 1.23. The standard InChI is InChI=1S/C30H36FN3O5S/c1-5-22(2)32-30(36)28(18-23-12-7-6-8-13-23)33(20-24-14-9-10-17-27(24)31)29(35)21-34(40(4,37)38)25-15-11-16-26(19-25)39-3/h6-17,19,22,28H,5,18,20-21H2,1-4H3,(H,32,36)/t22-,28-/m1/s1. The van der Waals surface area contributed by atoms with Crippen molar-refractivity contribution in [1.82, 2.24) is 10.2 Å². The number of amides is 2. The summed E-state index contributed by atoms with van der Waals surface area (Å²) in [5.74, 6) is -1.18. The molecule has 3 rings (SSSR count). The predicted octanol–water partition coefficient (Wildman–Crippen LogP) is 4.16. The fraction of sp³-hybridized carbons (Fsp3) is 0.333. The Morgan fingerprint density at radius 1 is 1.00 bits per heavy atom. The molecule has 3 aromatic carbocycles. The van der Waals surface area contributed by atoms with Crippen LogP contribution in [0, 0.1) is 5.82 Å². The van der Waals surface area contributed by atoms with Gasteiger partial charge in [-0.3, -0.25) is 13.9 Å². The molecule has 0 aromatic heterocycles. The zero-order valence-electron chi connectivity index (χ0n) is 23.2. The molecule has 40 heavy (non-hydrogen) atoms. The summed E-state index contributed by atoms with van der Waals surface area (Å²) in [7, 11) is -2.47. The Bertz CT molecular complexity index is 1400. The number of sulfonamides is 1. The van der Waals surface area contributed by atoms with E-state index < -0.39 is 40.2 Å². The molecule has 0 unspecified atom stereocenters. The van der Waals surface area contributed by atoms with E-state index in [0.717, 1.165) is 16.1 Å². The molecule has 0 saturated carbocycles. The van der Waals surface area contributed by atoms with Crippen LogP contribution in [0.2, 0.25) is 0 Å². The zero-order valence-corrected chi connectivity index (χ0v) is 24.0. The summed E-state index contributed by atoms with van der Waals surface area (Å²) in [6.45, 7) is 2.96. The fourth-order valence-corrected chi connectivity index (χ4v) is 5.03. The highest BCUT2D eigenvalue weighted by Gasteiger charge is 2.34. The summed E-state index contributed by atoms with van der Waals surface area (Å²) in [6.07, 6.45) is 1.82. The molecule has 10 heteroatoms. The third-order valence-electron chi connectivity index (χ3n) is 6.59. The number of halogens is 1. The molecule has 0 aliphatic carbocycles. The highest BCUT2D eigenvalue weighted by atomic mass is 32.2. The predicted molar refractivity (Wildman–Crippen MR) is 154 cm³/mol. The van der Waals surface area contributed by atoms with E-state index in [1.807, 2.05) is 44.2 Å². The molecule has 2 atom stereocenters. The van der Waals surface area contributed by atoms with Crippen LogP contribution in [0.1, 0.15) is 31.4 Å². The monoisotopic (exact) mass is 569 g/mol. The first-order valence-corrected chi connectivity index (χ1v) is 14.9. The van der Waals surface area contributed by atoms with Gasteiger partial charge in [0.25, 0.3) is 0 Å². The third-order valence-corrected chi connectivity index (χ3v) is 7.73. The highest BCUT2D eigenvalue weighted by Crippen LogP contribution is 2.24. The summed E-state index contributed by atoms with van der Waals surface area (Å²) in [5, 5.41) is 2.94. The number of benzene rings is 3. The lowest BCUT2D eigenvalue weighted by molar-refractivity contribution is -0.140. The molecule has 0 radical (unpaired) electrons. The second kappa shape index (κ2) is 13.9. The molecule has 2 amide bonds. The van der Waals surface area contributed by atoms with Crippen LogP contribution in [0.4, 0.5) is 10.1 Å². The van der Waals surface area contributed by atoms with Gasteiger partial charge < -0.3 is 15.0 Å². The molecular formula is C30H36FN3O5S. The molecule has 0 fully saturated rings. The van der Waals surface area contributed by atoms with Crippen molar-refractivity contribution in [1.29, 1.82) is 0 Å². The number of rotatable bonds is 13. The Kier molecular flexibility index (Phi) is 10.7. The number of hydrogen-bond acceptors (Lipinski definition) is 5. The lowest BCUT2D eigenvalue weighted by Crippen LogP contribution is -2.54. The molecule has 0 heterocycles. The number of nitrogens with zero attached hydrogens (tertiary/aromatic N) is 2. The van der Waals surface area contributed by atoms with Gasteiger partial charge in [-0.2, -0.15) is 0 Å². The van der Waals surface area contributed by atoms with E-state index in [-0.39, 0.29) is 30.3 Å². The van der Waals surface area contributed by atoms with Crippen molar-refractivity contribution < 1.29 is 27.1 Å². The van der Waals surface area contributed by atoms with Crippen molar-refractivity contribution in [2.45, 2.75) is 45.3 Å². The van der Waals surface area contributed by atoms with E-state index in [0.29, 0.717) is 12.2 Å². The molecule has 0 spiro atoms. The number of methoxy groups -OCH3 is 1. The fourth-order valence-electron chi connectivity index (χ4n) is 4.18. The van der Waals surface area contributed by atoms with Crippen molar-refractivity contribution in [2.75, 3.05) is 24.2 Å². The van der Waals surface area contributed by atoms with Crippen LogP contribution in [0.15, 0.2) is 78.9 Å². The van der Waals surface area contributed by atoms with Crippen LogP contribution in [-0.4, -0.2) is 57.1 Å². The number of ether oxygens (including phenoxy) is 1. The lowest BCUT2D eigenvalue weighted by Gasteiger charge is -2.34. The minimum absolute atomic E-state index is 0.154. The summed E-state index contributed by atoms with van der Waals surface area (Å²) in [6, 6.07) is 20.3. The Balaban J connectivity index is 2.07. The lowest BCUT2D eigenvalue weighted by atomic mass is 10.0. The second-order valence-electron chi connectivity index (χ2n) is 9.61. The van der Waals surface area contributed by atoms with Crippen molar-refractivity contribution in [3.63, 3.8) is 0 Å². The van der Waals surface area contributed by atoms with Gasteiger partial charge in [0.05, 0.1) is 19.1 Å². The number of nitrogens with one attached hydrogen (secondary N) is 1. The molecule has 0 aliphatic rings. The Morgan fingerprint density at radius 2 is 1.68 bits per heavy atom. The third kappa shape index (κ3) is 8.29. The average molecular weight is 570 g/mol. The molecule has 214 valence electrons. The normalized spacial score (nSPS) is 12.7. The van der Waals surface area contributed by atoms with Crippen molar-refractivity contribution in [2.24, 2.45) is 0 Å². The molecule has 0 bridgehead atoms. The van der Waals surface area contributed by atoms with E-state index in [1.165, 1.54) is 36.3 Å².